The van der Waals surface area contributed by atoms with E-state index in [2.05, 4.69) is 4.98 Å². The van der Waals surface area contributed by atoms with Crippen LogP contribution in [0.5, 0.6) is 5.75 Å². The number of hydrogen-bond donors (Lipinski definition) is 1. The summed E-state index contributed by atoms with van der Waals surface area (Å²) >= 11 is 0. The fourth-order valence-electron chi connectivity index (χ4n) is 4.17. The van der Waals surface area contributed by atoms with Gasteiger partial charge in [0.25, 0.3) is 11.7 Å². The predicted molar refractivity (Wildman–Crippen MR) is 130 cm³/mol. The van der Waals surface area contributed by atoms with Crippen molar-refractivity contribution >= 4 is 17.4 Å². The Labute approximate surface area is 199 Å². The van der Waals surface area contributed by atoms with Gasteiger partial charge in [0.05, 0.1) is 18.2 Å². The van der Waals surface area contributed by atoms with E-state index in [9.17, 15) is 14.7 Å². The van der Waals surface area contributed by atoms with Crippen LogP contribution in [0.25, 0.3) is 5.76 Å². The SMILES string of the molecule is CCCOc1ccc(/C(O)=C2\C(=O)C(=O)N(Cc3cc(C)ccc3C)C2c2ccncc2)cc1. The Bertz CT molecular complexity index is 1230. The molecule has 1 aliphatic rings. The van der Waals surface area contributed by atoms with Crippen molar-refractivity contribution in [3.05, 3.63) is 100 Å². The van der Waals surface area contributed by atoms with E-state index in [1.165, 1.54) is 4.90 Å². The van der Waals surface area contributed by atoms with Crippen LogP contribution in [0.4, 0.5) is 0 Å². The van der Waals surface area contributed by atoms with Gasteiger partial charge in [-0.1, -0.05) is 30.7 Å². The summed E-state index contributed by atoms with van der Waals surface area (Å²) in [5, 5.41) is 11.2. The molecular formula is C28H28N2O4. The van der Waals surface area contributed by atoms with Gasteiger partial charge >= 0.3 is 0 Å². The molecule has 4 rings (SSSR count). The summed E-state index contributed by atoms with van der Waals surface area (Å²) in [5.41, 5.74) is 4.30. The van der Waals surface area contributed by atoms with E-state index >= 15 is 0 Å². The van der Waals surface area contributed by atoms with Crippen LogP contribution in [-0.4, -0.2) is 33.3 Å². The molecule has 1 saturated heterocycles. The Balaban J connectivity index is 1.78. The number of hydrogen-bond acceptors (Lipinski definition) is 5. The molecular weight excluding hydrogens is 428 g/mol. The van der Waals surface area contributed by atoms with Gasteiger partial charge in [0.15, 0.2) is 0 Å². The molecule has 0 radical (unpaired) electrons. The molecule has 1 fully saturated rings. The molecule has 1 aliphatic heterocycles. The molecule has 2 aromatic carbocycles. The molecule has 1 amide bonds. The maximum Gasteiger partial charge on any atom is 0.295 e. The second kappa shape index (κ2) is 9.91. The highest BCUT2D eigenvalue weighted by Crippen LogP contribution is 2.40. The Morgan fingerprint density at radius 3 is 2.41 bits per heavy atom. The van der Waals surface area contributed by atoms with Gasteiger partial charge < -0.3 is 14.7 Å². The molecule has 3 aromatic rings. The van der Waals surface area contributed by atoms with Crippen LogP contribution in [0, 0.1) is 13.8 Å². The second-order valence-corrected chi connectivity index (χ2v) is 8.51. The fourth-order valence-corrected chi connectivity index (χ4v) is 4.17. The van der Waals surface area contributed by atoms with Gasteiger partial charge in [0.1, 0.15) is 11.5 Å². The van der Waals surface area contributed by atoms with Crippen LogP contribution in [0.3, 0.4) is 0 Å². The number of carbonyl (C=O) groups excluding carboxylic acids is 2. The second-order valence-electron chi connectivity index (χ2n) is 8.51. The molecule has 2 heterocycles. The zero-order chi connectivity index (χ0) is 24.2. The van der Waals surface area contributed by atoms with E-state index < -0.39 is 17.7 Å². The number of ketones is 1. The molecule has 0 saturated carbocycles. The number of aromatic nitrogens is 1. The number of amides is 1. The van der Waals surface area contributed by atoms with Crippen LogP contribution >= 0.6 is 0 Å². The van der Waals surface area contributed by atoms with Gasteiger partial charge in [-0.15, -0.1) is 0 Å². The Morgan fingerprint density at radius 1 is 1.03 bits per heavy atom. The highest BCUT2D eigenvalue weighted by molar-refractivity contribution is 6.46. The number of aliphatic hydroxyl groups excluding tert-OH is 1. The third-order valence-corrected chi connectivity index (χ3v) is 6.01. The van der Waals surface area contributed by atoms with E-state index in [1.807, 2.05) is 39.0 Å². The quantitative estimate of drug-likeness (QED) is 0.304. The molecule has 1 aromatic heterocycles. The van der Waals surface area contributed by atoms with E-state index in [0.29, 0.717) is 23.5 Å². The molecule has 0 spiro atoms. The first kappa shape index (κ1) is 23.2. The van der Waals surface area contributed by atoms with Gasteiger partial charge in [-0.2, -0.15) is 0 Å². The highest BCUT2D eigenvalue weighted by Gasteiger charge is 2.46. The van der Waals surface area contributed by atoms with Crippen molar-refractivity contribution in [2.24, 2.45) is 0 Å². The van der Waals surface area contributed by atoms with E-state index in [4.69, 9.17) is 4.74 Å². The molecule has 6 nitrogen and oxygen atoms in total. The van der Waals surface area contributed by atoms with Crippen LogP contribution in [0.15, 0.2) is 72.6 Å². The van der Waals surface area contributed by atoms with Crippen molar-refractivity contribution in [3.8, 4) is 5.75 Å². The summed E-state index contributed by atoms with van der Waals surface area (Å²) in [7, 11) is 0. The molecule has 0 aliphatic carbocycles. The normalized spacial score (nSPS) is 17.3. The number of Topliss-reactive ketones (excluding diaryl/α,β-unsaturated/α-hetero) is 1. The van der Waals surface area contributed by atoms with Crippen molar-refractivity contribution in [3.63, 3.8) is 0 Å². The summed E-state index contributed by atoms with van der Waals surface area (Å²) in [6.07, 6.45) is 4.12. The van der Waals surface area contributed by atoms with E-state index in [0.717, 1.165) is 23.1 Å². The zero-order valence-electron chi connectivity index (χ0n) is 19.6. The number of likely N-dealkylation sites (tertiary alicyclic amines) is 1. The monoisotopic (exact) mass is 456 g/mol. The zero-order valence-corrected chi connectivity index (χ0v) is 19.6. The fraction of sp³-hybridized carbons (Fsp3) is 0.250. The summed E-state index contributed by atoms with van der Waals surface area (Å²) in [4.78, 5) is 32.0. The number of ether oxygens (including phenoxy) is 1. The molecule has 1 atom stereocenters. The third kappa shape index (κ3) is 4.57. The average molecular weight is 457 g/mol. The molecule has 174 valence electrons. The van der Waals surface area contributed by atoms with Crippen molar-refractivity contribution < 1.29 is 19.4 Å². The van der Waals surface area contributed by atoms with Crippen molar-refractivity contribution in [2.75, 3.05) is 6.61 Å². The maximum atomic E-state index is 13.2. The number of carbonyl (C=O) groups is 2. The van der Waals surface area contributed by atoms with Crippen molar-refractivity contribution in [2.45, 2.75) is 39.8 Å². The van der Waals surface area contributed by atoms with E-state index in [-0.39, 0.29) is 17.9 Å². The number of benzene rings is 2. The van der Waals surface area contributed by atoms with Gasteiger partial charge in [-0.3, -0.25) is 14.6 Å². The van der Waals surface area contributed by atoms with Crippen LogP contribution < -0.4 is 4.74 Å². The summed E-state index contributed by atoms with van der Waals surface area (Å²) < 4.78 is 5.61. The first-order valence-electron chi connectivity index (χ1n) is 11.4. The van der Waals surface area contributed by atoms with Gasteiger partial charge in [-0.25, -0.2) is 0 Å². The number of aryl methyl sites for hydroxylation is 2. The Morgan fingerprint density at radius 2 is 1.74 bits per heavy atom. The van der Waals surface area contributed by atoms with Crippen LogP contribution in [-0.2, 0) is 16.1 Å². The van der Waals surface area contributed by atoms with Crippen LogP contribution in [0.1, 0.15) is 47.2 Å². The average Bonchev–Trinajstić information content (AvgIpc) is 3.10. The minimum atomic E-state index is -0.723. The number of rotatable bonds is 7. The highest BCUT2D eigenvalue weighted by atomic mass is 16.5. The smallest absolute Gasteiger partial charge is 0.295 e. The lowest BCUT2D eigenvalue weighted by atomic mass is 9.95. The number of pyridine rings is 1. The standard InChI is InChI=1S/C28H28N2O4/c1-4-15-34-23-9-7-21(8-10-23)26(31)24-25(20-11-13-29-14-12-20)30(28(33)27(24)32)17-22-16-18(2)5-6-19(22)3/h5-14,16,25,31H,4,15,17H2,1-3H3/b26-24+. The lowest BCUT2D eigenvalue weighted by Gasteiger charge is -2.26. The largest absolute Gasteiger partial charge is 0.507 e. The van der Waals surface area contributed by atoms with Gasteiger partial charge in [0.2, 0.25) is 0 Å². The van der Waals surface area contributed by atoms with Gasteiger partial charge in [-0.05, 0) is 73.4 Å². The number of nitrogens with zero attached hydrogens (tertiary/aromatic N) is 2. The lowest BCUT2D eigenvalue weighted by Crippen LogP contribution is -2.29. The summed E-state index contributed by atoms with van der Waals surface area (Å²) in [6, 6.07) is 15.7. The molecule has 34 heavy (non-hydrogen) atoms. The molecule has 1 N–H and O–H groups in total. The summed E-state index contributed by atoms with van der Waals surface area (Å²) in [5.74, 6) is -0.853. The van der Waals surface area contributed by atoms with Crippen molar-refractivity contribution in [1.82, 2.24) is 9.88 Å². The predicted octanol–water partition coefficient (Wildman–Crippen LogP) is 5.11. The number of aliphatic hydroxyl groups is 1. The first-order chi connectivity index (χ1) is 16.4. The molecule has 0 bridgehead atoms. The minimum absolute atomic E-state index is 0.0729. The minimum Gasteiger partial charge on any atom is -0.507 e. The topological polar surface area (TPSA) is 79.7 Å². The first-order valence-corrected chi connectivity index (χ1v) is 11.4. The summed E-state index contributed by atoms with van der Waals surface area (Å²) in [6.45, 7) is 6.85. The Hall–Kier alpha value is -3.93. The van der Waals surface area contributed by atoms with Crippen molar-refractivity contribution in [1.29, 1.82) is 0 Å². The molecule has 6 heteroatoms. The lowest BCUT2D eigenvalue weighted by molar-refractivity contribution is -0.140. The van der Waals surface area contributed by atoms with Crippen LogP contribution in [0.2, 0.25) is 0 Å². The van der Waals surface area contributed by atoms with E-state index in [1.54, 1.807) is 48.8 Å². The van der Waals surface area contributed by atoms with Gasteiger partial charge in [0, 0.05) is 24.5 Å². The molecule has 1 unspecified atom stereocenters. The maximum absolute atomic E-state index is 13.2. The third-order valence-electron chi connectivity index (χ3n) is 6.01. The Kier molecular flexibility index (Phi) is 6.77.